The molecule has 15 heavy (non-hydrogen) atoms. The first-order valence-electron chi connectivity index (χ1n) is 5.31. The van der Waals surface area contributed by atoms with Gasteiger partial charge in [-0.25, -0.2) is 4.98 Å². The lowest BCUT2D eigenvalue weighted by atomic mass is 10.0. The summed E-state index contributed by atoms with van der Waals surface area (Å²) in [5.74, 6) is 0.457. The monoisotopic (exact) mass is 203 g/mol. The lowest BCUT2D eigenvalue weighted by Crippen LogP contribution is -2.19. The molecule has 0 saturated heterocycles. The molecule has 0 atom stereocenters. The lowest BCUT2D eigenvalue weighted by Gasteiger charge is -2.20. The summed E-state index contributed by atoms with van der Waals surface area (Å²) in [5, 5.41) is 0. The average molecular weight is 203 g/mol. The smallest absolute Gasteiger partial charge is 0.0990 e. The van der Waals surface area contributed by atoms with E-state index in [1.807, 2.05) is 23.3 Å². The Labute approximate surface area is 90.6 Å². The fourth-order valence-electron chi connectivity index (χ4n) is 1.79. The van der Waals surface area contributed by atoms with Gasteiger partial charge in [0, 0.05) is 11.9 Å². The molecule has 0 aromatic carbocycles. The van der Waals surface area contributed by atoms with E-state index < -0.39 is 0 Å². The van der Waals surface area contributed by atoms with Gasteiger partial charge in [-0.15, -0.1) is 0 Å². The molecule has 0 fully saturated rings. The zero-order chi connectivity index (χ0) is 11.1. The van der Waals surface area contributed by atoms with Gasteiger partial charge in [0.15, 0.2) is 0 Å². The van der Waals surface area contributed by atoms with Crippen molar-refractivity contribution in [3.05, 3.63) is 24.3 Å². The quantitative estimate of drug-likeness (QED) is 0.690. The molecular weight excluding hydrogens is 186 g/mol. The molecule has 1 aromatic rings. The number of allylic oxidation sites excluding steroid dienone is 1. The minimum Gasteiger partial charge on any atom is -0.308 e. The zero-order valence-electron chi connectivity index (χ0n) is 9.73. The predicted octanol–water partition coefficient (Wildman–Crippen LogP) is 2.70. The summed E-state index contributed by atoms with van der Waals surface area (Å²) in [7, 11) is 0. The predicted molar refractivity (Wildman–Crippen MR) is 62.9 cm³/mol. The van der Waals surface area contributed by atoms with E-state index in [-0.39, 0.29) is 5.54 Å². The highest BCUT2D eigenvalue weighted by Crippen LogP contribution is 2.27. The summed E-state index contributed by atoms with van der Waals surface area (Å²) in [5.41, 5.74) is 2.08. The van der Waals surface area contributed by atoms with Gasteiger partial charge in [-0.3, -0.25) is 4.99 Å². The molecule has 0 radical (unpaired) electrons. The Kier molecular flexibility index (Phi) is 2.25. The van der Waals surface area contributed by atoms with Gasteiger partial charge in [-0.2, -0.15) is 0 Å². The molecule has 2 heterocycles. The van der Waals surface area contributed by atoms with Crippen LogP contribution in [0.5, 0.6) is 0 Å². The fraction of sp³-hybridized carbons (Fsp3) is 0.500. The number of aliphatic imine (C=N–C) groups is 1. The van der Waals surface area contributed by atoms with E-state index >= 15 is 0 Å². The van der Waals surface area contributed by atoms with Crippen molar-refractivity contribution in [2.45, 2.75) is 33.2 Å². The normalized spacial score (nSPS) is 18.6. The molecule has 0 unspecified atom stereocenters. The molecule has 0 N–H and O–H groups in total. The molecule has 80 valence electrons. The summed E-state index contributed by atoms with van der Waals surface area (Å²) in [6.45, 7) is 8.57. The highest BCUT2D eigenvalue weighted by atomic mass is 15.1. The van der Waals surface area contributed by atoms with Gasteiger partial charge in [0.2, 0.25) is 0 Å². The molecule has 1 aliphatic heterocycles. The Morgan fingerprint density at radius 1 is 1.33 bits per heavy atom. The highest BCUT2D eigenvalue weighted by Gasteiger charge is 2.25. The molecule has 3 nitrogen and oxygen atoms in total. The van der Waals surface area contributed by atoms with Crippen molar-refractivity contribution >= 4 is 11.9 Å². The van der Waals surface area contributed by atoms with Crippen LogP contribution in [-0.4, -0.2) is 15.3 Å². The van der Waals surface area contributed by atoms with Gasteiger partial charge in [0.05, 0.1) is 23.8 Å². The molecule has 3 heteroatoms. The Hall–Kier alpha value is -1.38. The van der Waals surface area contributed by atoms with Crippen LogP contribution in [0.25, 0.3) is 6.20 Å². The van der Waals surface area contributed by atoms with E-state index in [2.05, 4.69) is 38.8 Å². The van der Waals surface area contributed by atoms with Gasteiger partial charge < -0.3 is 4.57 Å². The first-order valence-corrected chi connectivity index (χ1v) is 5.31. The number of fused-ring (bicyclic) bond motifs is 1. The van der Waals surface area contributed by atoms with Gasteiger partial charge in [0.25, 0.3) is 0 Å². The number of aromatic nitrogens is 2. The topological polar surface area (TPSA) is 30.2 Å². The van der Waals surface area contributed by atoms with Crippen molar-refractivity contribution < 1.29 is 0 Å². The molecule has 1 aromatic heterocycles. The second-order valence-electron chi connectivity index (χ2n) is 4.75. The zero-order valence-corrected chi connectivity index (χ0v) is 9.73. The Balaban J connectivity index is 2.53. The van der Waals surface area contributed by atoms with Crippen LogP contribution in [0.15, 0.2) is 23.6 Å². The van der Waals surface area contributed by atoms with E-state index in [1.54, 1.807) is 0 Å². The van der Waals surface area contributed by atoms with Crippen LogP contribution in [0, 0.1) is 5.92 Å². The molecule has 2 rings (SSSR count). The average Bonchev–Trinajstić information content (AvgIpc) is 2.56. The first-order chi connectivity index (χ1) is 7.00. The minimum absolute atomic E-state index is 0.195. The maximum absolute atomic E-state index is 4.79. The van der Waals surface area contributed by atoms with Crippen LogP contribution in [-0.2, 0) is 5.54 Å². The molecular formula is C12H17N3. The number of nitrogens with zero attached hydrogens (tertiary/aromatic N) is 3. The van der Waals surface area contributed by atoms with Crippen LogP contribution < -0.4 is 0 Å². The van der Waals surface area contributed by atoms with Crippen molar-refractivity contribution in [2.75, 3.05) is 0 Å². The van der Waals surface area contributed by atoms with Crippen LogP contribution in [0.4, 0.5) is 0 Å². The summed E-state index contributed by atoms with van der Waals surface area (Å²) in [6.07, 6.45) is 7.82. The van der Waals surface area contributed by atoms with E-state index in [0.717, 1.165) is 11.4 Å². The third kappa shape index (κ3) is 1.74. The highest BCUT2D eigenvalue weighted by molar-refractivity contribution is 5.99. The summed E-state index contributed by atoms with van der Waals surface area (Å²) in [6, 6.07) is 0. The maximum Gasteiger partial charge on any atom is 0.0990 e. The summed E-state index contributed by atoms with van der Waals surface area (Å²) < 4.78 is 2.04. The minimum atomic E-state index is -0.195. The van der Waals surface area contributed by atoms with Gasteiger partial charge in [0.1, 0.15) is 0 Å². The summed E-state index contributed by atoms with van der Waals surface area (Å²) >= 11 is 0. The fourth-order valence-corrected chi connectivity index (χ4v) is 1.79. The van der Waals surface area contributed by atoms with E-state index in [9.17, 15) is 0 Å². The van der Waals surface area contributed by atoms with E-state index in [0.29, 0.717) is 5.92 Å². The van der Waals surface area contributed by atoms with Gasteiger partial charge in [-0.1, -0.05) is 13.8 Å². The molecule has 0 amide bonds. The number of hydrogen-bond donors (Lipinski definition) is 0. The second-order valence-corrected chi connectivity index (χ2v) is 4.75. The lowest BCUT2D eigenvalue weighted by molar-refractivity contribution is 0.530. The van der Waals surface area contributed by atoms with Crippen LogP contribution in [0.3, 0.4) is 0 Å². The standard InChI is InChI=1S/C12H17N3/c1-9(2)10-5-6-15-8-13-7-11(15)12(3,4)14-10/h5-9H,1-4H3. The number of rotatable bonds is 1. The molecule has 0 spiro atoms. The van der Waals surface area contributed by atoms with Crippen molar-refractivity contribution in [3.63, 3.8) is 0 Å². The van der Waals surface area contributed by atoms with Crippen molar-refractivity contribution in [2.24, 2.45) is 10.9 Å². The molecule has 0 bridgehead atoms. The molecule has 0 saturated carbocycles. The van der Waals surface area contributed by atoms with E-state index in [4.69, 9.17) is 4.99 Å². The maximum atomic E-state index is 4.79. The molecule has 0 aliphatic carbocycles. The SMILES string of the molecule is CC(C)C1=NC(C)(C)c2cncn2C=C1. The van der Waals surface area contributed by atoms with Crippen molar-refractivity contribution in [1.82, 2.24) is 9.55 Å². The van der Waals surface area contributed by atoms with E-state index in [1.165, 1.54) is 0 Å². The Bertz CT molecular complexity index is 422. The summed E-state index contributed by atoms with van der Waals surface area (Å²) in [4.78, 5) is 8.94. The van der Waals surface area contributed by atoms with Crippen LogP contribution in [0.2, 0.25) is 0 Å². The van der Waals surface area contributed by atoms with Crippen molar-refractivity contribution in [1.29, 1.82) is 0 Å². The largest absolute Gasteiger partial charge is 0.308 e. The van der Waals surface area contributed by atoms with Crippen LogP contribution >= 0.6 is 0 Å². The third-order valence-corrected chi connectivity index (χ3v) is 2.70. The Morgan fingerprint density at radius 3 is 2.73 bits per heavy atom. The Morgan fingerprint density at radius 2 is 2.07 bits per heavy atom. The van der Waals surface area contributed by atoms with Gasteiger partial charge >= 0.3 is 0 Å². The number of imidazole rings is 1. The second kappa shape index (κ2) is 3.33. The van der Waals surface area contributed by atoms with Crippen LogP contribution in [0.1, 0.15) is 33.4 Å². The third-order valence-electron chi connectivity index (χ3n) is 2.70. The molecule has 1 aliphatic rings. The van der Waals surface area contributed by atoms with Gasteiger partial charge in [-0.05, 0) is 25.8 Å². The first kappa shape index (κ1) is 10.1. The van der Waals surface area contributed by atoms with Crippen molar-refractivity contribution in [3.8, 4) is 0 Å². The number of hydrogen-bond acceptors (Lipinski definition) is 2.